The fraction of sp³-hybridized carbons (Fsp3) is 0.517. The Morgan fingerprint density at radius 2 is 1.53 bits per heavy atom. The number of methoxy groups -OCH3 is 1. The number of aliphatic carboxylic acids is 1. The highest BCUT2D eigenvalue weighted by Gasteiger charge is 2.52. The highest BCUT2D eigenvalue weighted by molar-refractivity contribution is 5.86. The molecular weight excluding hydrogens is 492 g/mol. The molecule has 2 aliphatic carbocycles. The average Bonchev–Trinajstić information content (AvgIpc) is 3.28. The van der Waals surface area contributed by atoms with Crippen LogP contribution in [0.1, 0.15) is 63.4 Å². The second kappa shape index (κ2) is 10.8. The van der Waals surface area contributed by atoms with Crippen LogP contribution in [0, 0.1) is 29.4 Å². The molecule has 4 N–H and O–H groups in total. The number of carboxylic acid groups (broad SMARTS) is 1. The van der Waals surface area contributed by atoms with E-state index in [4.69, 9.17) is 4.74 Å². The summed E-state index contributed by atoms with van der Waals surface area (Å²) in [6.45, 7) is 0. The Balaban J connectivity index is 1.52. The summed E-state index contributed by atoms with van der Waals surface area (Å²) < 4.78 is 33.9. The molecule has 204 valence electrons. The molecule has 0 aromatic heterocycles. The average molecular weight is 528 g/mol. The standard InChI is InChI=1S/C29H35F2N3O4/c1-38-21-13-9-19(10-14-21)29(33-24-15-22(30)23(31)16-25(24)34-29)26(17-5-3-2-4-6-17)27(35)32-20-11-7-18(8-12-20)28(36)37/h9-10,13-18,20,26,33-34H,2-8,11-12H2,1H3,(H,32,35)(H,36,37). The second-order valence-corrected chi connectivity index (χ2v) is 10.9. The molecule has 1 amide bonds. The molecule has 3 aliphatic rings. The molecule has 9 heteroatoms. The first-order valence-electron chi connectivity index (χ1n) is 13.5. The van der Waals surface area contributed by atoms with Crippen molar-refractivity contribution < 1.29 is 28.2 Å². The number of carboxylic acids is 1. The van der Waals surface area contributed by atoms with Crippen molar-refractivity contribution in [1.29, 1.82) is 0 Å². The van der Waals surface area contributed by atoms with E-state index in [-0.39, 0.29) is 23.8 Å². The molecule has 1 heterocycles. The molecule has 0 spiro atoms. The number of fused-ring (bicyclic) bond motifs is 1. The van der Waals surface area contributed by atoms with Gasteiger partial charge in [0, 0.05) is 18.2 Å². The van der Waals surface area contributed by atoms with Gasteiger partial charge in [-0.15, -0.1) is 0 Å². The van der Waals surface area contributed by atoms with Crippen LogP contribution in [0.25, 0.3) is 0 Å². The first-order valence-corrected chi connectivity index (χ1v) is 13.5. The zero-order valence-electron chi connectivity index (χ0n) is 21.6. The van der Waals surface area contributed by atoms with Crippen LogP contribution in [0.5, 0.6) is 5.75 Å². The van der Waals surface area contributed by atoms with E-state index in [0.717, 1.165) is 49.8 Å². The van der Waals surface area contributed by atoms with Crippen LogP contribution >= 0.6 is 0 Å². The topological polar surface area (TPSA) is 99.7 Å². The van der Waals surface area contributed by atoms with Crippen molar-refractivity contribution in [1.82, 2.24) is 5.32 Å². The van der Waals surface area contributed by atoms with Crippen LogP contribution in [0.4, 0.5) is 20.2 Å². The molecule has 1 atom stereocenters. The number of carbonyl (C=O) groups is 2. The Labute approximate surface area is 221 Å². The third-order valence-corrected chi connectivity index (χ3v) is 8.56. The van der Waals surface area contributed by atoms with E-state index in [1.807, 2.05) is 24.3 Å². The van der Waals surface area contributed by atoms with Gasteiger partial charge in [0.2, 0.25) is 5.91 Å². The third kappa shape index (κ3) is 5.02. The normalized spacial score (nSPS) is 23.4. The van der Waals surface area contributed by atoms with Crippen LogP contribution in [0.15, 0.2) is 36.4 Å². The van der Waals surface area contributed by atoms with Gasteiger partial charge in [-0.3, -0.25) is 9.59 Å². The van der Waals surface area contributed by atoms with E-state index in [9.17, 15) is 23.5 Å². The molecule has 1 aliphatic heterocycles. The summed E-state index contributed by atoms with van der Waals surface area (Å²) in [6.07, 6.45) is 7.11. The Morgan fingerprint density at radius 3 is 2.05 bits per heavy atom. The number of anilines is 2. The molecule has 2 aromatic carbocycles. The summed E-state index contributed by atoms with van der Waals surface area (Å²) in [5, 5.41) is 19.4. The quantitative estimate of drug-likeness (QED) is 0.373. The molecule has 1 unspecified atom stereocenters. The molecule has 2 fully saturated rings. The van der Waals surface area contributed by atoms with Gasteiger partial charge in [-0.1, -0.05) is 31.4 Å². The van der Waals surface area contributed by atoms with Gasteiger partial charge in [-0.05, 0) is 62.1 Å². The van der Waals surface area contributed by atoms with E-state index in [1.165, 1.54) is 0 Å². The number of benzene rings is 2. The van der Waals surface area contributed by atoms with Crippen LogP contribution < -0.4 is 20.7 Å². The minimum Gasteiger partial charge on any atom is -0.497 e. The molecule has 5 rings (SSSR count). The van der Waals surface area contributed by atoms with Crippen LogP contribution in [0.2, 0.25) is 0 Å². The maximum Gasteiger partial charge on any atom is 0.306 e. The smallest absolute Gasteiger partial charge is 0.306 e. The van der Waals surface area contributed by atoms with Crippen LogP contribution in [0.3, 0.4) is 0 Å². The predicted octanol–water partition coefficient (Wildman–Crippen LogP) is 5.62. The van der Waals surface area contributed by atoms with Gasteiger partial charge in [0.05, 0.1) is 30.3 Å². The Kier molecular flexibility index (Phi) is 7.45. The second-order valence-electron chi connectivity index (χ2n) is 10.9. The number of carbonyl (C=O) groups excluding carboxylic acids is 1. The molecule has 2 saturated carbocycles. The predicted molar refractivity (Wildman–Crippen MR) is 140 cm³/mol. The van der Waals surface area contributed by atoms with E-state index >= 15 is 0 Å². The Morgan fingerprint density at radius 1 is 0.947 bits per heavy atom. The summed E-state index contributed by atoms with van der Waals surface area (Å²) in [5.41, 5.74) is 0.417. The van der Waals surface area contributed by atoms with Crippen molar-refractivity contribution >= 4 is 23.3 Å². The summed E-state index contributed by atoms with van der Waals surface area (Å²) in [7, 11) is 1.58. The number of halogens is 2. The summed E-state index contributed by atoms with van der Waals surface area (Å²) in [6, 6.07) is 9.52. The van der Waals surface area contributed by atoms with E-state index in [1.54, 1.807) is 7.11 Å². The third-order valence-electron chi connectivity index (χ3n) is 8.56. The van der Waals surface area contributed by atoms with Crippen molar-refractivity contribution in [2.75, 3.05) is 17.7 Å². The van der Waals surface area contributed by atoms with Crippen molar-refractivity contribution in [2.45, 2.75) is 69.5 Å². The fourth-order valence-electron chi connectivity index (χ4n) is 6.55. The maximum atomic E-state index is 14.3. The first kappa shape index (κ1) is 26.3. The molecule has 0 bridgehead atoms. The SMILES string of the molecule is COc1ccc(C2(C(C(=O)NC3CCC(C(=O)O)CC3)C3CCCCC3)Nc3cc(F)c(F)cc3N2)cc1. The van der Waals surface area contributed by atoms with Gasteiger partial charge in [-0.2, -0.15) is 0 Å². The van der Waals surface area contributed by atoms with E-state index in [0.29, 0.717) is 42.8 Å². The molecule has 38 heavy (non-hydrogen) atoms. The van der Waals surface area contributed by atoms with Gasteiger partial charge in [0.1, 0.15) is 11.4 Å². The van der Waals surface area contributed by atoms with Crippen LogP contribution in [-0.4, -0.2) is 30.1 Å². The zero-order valence-corrected chi connectivity index (χ0v) is 21.6. The minimum absolute atomic E-state index is 0.0326. The van der Waals surface area contributed by atoms with Crippen molar-refractivity contribution in [2.24, 2.45) is 17.8 Å². The van der Waals surface area contributed by atoms with Crippen molar-refractivity contribution in [3.8, 4) is 5.75 Å². The largest absolute Gasteiger partial charge is 0.497 e. The number of hydrogen-bond acceptors (Lipinski definition) is 5. The lowest BCUT2D eigenvalue weighted by molar-refractivity contribution is -0.142. The highest BCUT2D eigenvalue weighted by atomic mass is 19.2. The van der Waals surface area contributed by atoms with Crippen molar-refractivity contribution in [3.05, 3.63) is 53.6 Å². The lowest BCUT2D eigenvalue weighted by Crippen LogP contribution is -2.57. The summed E-state index contributed by atoms with van der Waals surface area (Å²) >= 11 is 0. The van der Waals surface area contributed by atoms with Gasteiger partial charge < -0.3 is 25.8 Å². The first-order chi connectivity index (χ1) is 18.3. The molecule has 0 saturated heterocycles. The monoisotopic (exact) mass is 527 g/mol. The molecule has 7 nitrogen and oxygen atoms in total. The number of hydrogen-bond donors (Lipinski definition) is 4. The number of nitrogens with one attached hydrogen (secondary N) is 3. The molecule has 2 aromatic rings. The Bertz CT molecular complexity index is 1140. The van der Waals surface area contributed by atoms with Crippen molar-refractivity contribution in [3.63, 3.8) is 0 Å². The van der Waals surface area contributed by atoms with E-state index in [2.05, 4.69) is 16.0 Å². The van der Waals surface area contributed by atoms with Gasteiger partial charge in [0.15, 0.2) is 11.6 Å². The number of rotatable bonds is 7. The highest BCUT2D eigenvalue weighted by Crippen LogP contribution is 2.49. The molecular formula is C29H35F2N3O4. The van der Waals surface area contributed by atoms with Gasteiger partial charge in [0.25, 0.3) is 0 Å². The lowest BCUT2D eigenvalue weighted by atomic mass is 9.71. The summed E-state index contributed by atoms with van der Waals surface area (Å²) in [4.78, 5) is 25.6. The van der Waals surface area contributed by atoms with Crippen LogP contribution in [-0.2, 0) is 15.3 Å². The lowest BCUT2D eigenvalue weighted by Gasteiger charge is -2.44. The van der Waals surface area contributed by atoms with Gasteiger partial charge >= 0.3 is 5.97 Å². The van der Waals surface area contributed by atoms with Gasteiger partial charge in [-0.25, -0.2) is 8.78 Å². The maximum absolute atomic E-state index is 14.3. The number of ether oxygens (including phenoxy) is 1. The minimum atomic E-state index is -1.14. The fourth-order valence-corrected chi connectivity index (χ4v) is 6.55. The van der Waals surface area contributed by atoms with E-state index < -0.39 is 29.2 Å². The molecule has 0 radical (unpaired) electrons. The summed E-state index contributed by atoms with van der Waals surface area (Å²) in [5.74, 6) is -3.12. The number of amides is 1. The Hall–Kier alpha value is -3.36. The zero-order chi connectivity index (χ0) is 26.9.